The number of aryl methyl sites for hydroxylation is 1. The summed E-state index contributed by atoms with van der Waals surface area (Å²) in [6.07, 6.45) is -3.83. The molecule has 0 aliphatic rings. The first-order chi connectivity index (χ1) is 14.3. The number of aromatic amines is 1. The molecule has 3 rings (SSSR count). The molecule has 0 unspecified atom stereocenters. The van der Waals surface area contributed by atoms with E-state index in [1.165, 1.54) is 19.2 Å². The third kappa shape index (κ3) is 3.52. The number of benzene rings is 1. The molecule has 1 aromatic carbocycles. The molecule has 0 saturated heterocycles. The molecule has 31 heavy (non-hydrogen) atoms. The van der Waals surface area contributed by atoms with Gasteiger partial charge in [0.15, 0.2) is 10.8 Å². The van der Waals surface area contributed by atoms with E-state index in [-0.39, 0.29) is 33.4 Å². The van der Waals surface area contributed by atoms with E-state index < -0.39 is 39.5 Å². The smallest absolute Gasteiger partial charge is 0.408 e. The van der Waals surface area contributed by atoms with Crippen LogP contribution in [0.25, 0.3) is 22.2 Å². The van der Waals surface area contributed by atoms with Gasteiger partial charge in [0.1, 0.15) is 5.69 Å². The highest BCUT2D eigenvalue weighted by atomic mass is 35.5. The second kappa shape index (κ2) is 7.38. The summed E-state index contributed by atoms with van der Waals surface area (Å²) in [5, 5.41) is 8.81. The van der Waals surface area contributed by atoms with E-state index in [1.54, 1.807) is 0 Å². The number of alkyl halides is 3. The Morgan fingerprint density at radius 1 is 1.23 bits per heavy atom. The van der Waals surface area contributed by atoms with Gasteiger partial charge in [-0.15, -0.1) is 0 Å². The molecule has 0 bridgehead atoms. The van der Waals surface area contributed by atoms with Crippen LogP contribution in [0.4, 0.5) is 13.2 Å². The molecule has 11 heteroatoms. The molecule has 3 aromatic rings. The molecule has 1 atom stereocenters. The molecule has 0 aliphatic heterocycles. The van der Waals surface area contributed by atoms with Gasteiger partial charge < -0.3 is 15.8 Å². The third-order valence-corrected chi connectivity index (χ3v) is 5.43. The van der Waals surface area contributed by atoms with Crippen molar-refractivity contribution in [3.8, 4) is 11.3 Å². The Kier molecular flexibility index (Phi) is 5.31. The predicted molar refractivity (Wildman–Crippen MR) is 107 cm³/mol. The van der Waals surface area contributed by atoms with Crippen LogP contribution < -0.4 is 11.2 Å². The molecular weight excluding hydrogens is 439 g/mol. The number of halogens is 4. The third-order valence-electron chi connectivity index (χ3n) is 5.11. The number of pyridine rings is 2. The number of fused-ring (bicyclic) bond motifs is 1. The Bertz CT molecular complexity index is 1300. The van der Waals surface area contributed by atoms with Crippen molar-refractivity contribution >= 4 is 34.4 Å². The van der Waals surface area contributed by atoms with Crippen LogP contribution in [0.3, 0.4) is 0 Å². The van der Waals surface area contributed by atoms with Gasteiger partial charge in [-0.05, 0) is 37.1 Å². The number of amides is 1. The maximum atomic E-state index is 13.6. The predicted octanol–water partition coefficient (Wildman–Crippen LogP) is 3.56. The molecule has 1 amide bonds. The monoisotopic (exact) mass is 453 g/mol. The summed E-state index contributed by atoms with van der Waals surface area (Å²) in [5.74, 6) is -2.99. The summed E-state index contributed by atoms with van der Waals surface area (Å²) in [4.78, 5) is 42.4. The maximum absolute atomic E-state index is 13.6. The van der Waals surface area contributed by atoms with Crippen molar-refractivity contribution in [3.05, 3.63) is 62.5 Å². The van der Waals surface area contributed by atoms with Crippen LogP contribution in [0, 0.1) is 6.92 Å². The number of carbonyl (C=O) groups excluding carboxylic acids is 1. The van der Waals surface area contributed by atoms with Gasteiger partial charge >= 0.3 is 12.1 Å². The van der Waals surface area contributed by atoms with Gasteiger partial charge in [-0.25, -0.2) is 0 Å². The zero-order valence-electron chi connectivity index (χ0n) is 16.1. The summed E-state index contributed by atoms with van der Waals surface area (Å²) in [6.45, 7) is 1.99. The van der Waals surface area contributed by atoms with Gasteiger partial charge in [0.25, 0.3) is 5.91 Å². The Morgan fingerprint density at radius 3 is 2.42 bits per heavy atom. The molecule has 2 aromatic heterocycles. The van der Waals surface area contributed by atoms with Crippen molar-refractivity contribution < 1.29 is 27.9 Å². The van der Waals surface area contributed by atoms with Crippen molar-refractivity contribution in [2.45, 2.75) is 25.4 Å². The maximum Gasteiger partial charge on any atom is 0.408 e. The molecule has 7 nitrogen and oxygen atoms in total. The lowest BCUT2D eigenvalue weighted by molar-refractivity contribution is -0.201. The van der Waals surface area contributed by atoms with E-state index in [0.29, 0.717) is 6.92 Å². The first kappa shape index (κ1) is 22.3. The molecule has 4 N–H and O–H groups in total. The number of aliphatic carboxylic acids is 1. The van der Waals surface area contributed by atoms with Gasteiger partial charge in [0.05, 0.1) is 16.6 Å². The summed E-state index contributed by atoms with van der Waals surface area (Å²) in [7, 11) is 0. The van der Waals surface area contributed by atoms with Crippen molar-refractivity contribution in [2.24, 2.45) is 5.73 Å². The van der Waals surface area contributed by atoms with E-state index in [1.807, 2.05) is 0 Å². The largest absolute Gasteiger partial charge is 0.480 e. The van der Waals surface area contributed by atoms with E-state index in [4.69, 9.17) is 17.3 Å². The number of carbonyl (C=O) groups is 2. The molecule has 0 radical (unpaired) electrons. The lowest BCUT2D eigenvalue weighted by atomic mass is 9.80. The molecule has 0 spiro atoms. The van der Waals surface area contributed by atoms with Crippen molar-refractivity contribution in [1.82, 2.24) is 9.97 Å². The van der Waals surface area contributed by atoms with Crippen LogP contribution in [0.15, 0.2) is 35.3 Å². The SMILES string of the molecule is Cc1cc([C@](C)(C(=O)O)C(F)(F)F)c(Cl)cc1-c1cc(=O)c2c(C(N)=O)nccc2[nH]1. The number of nitrogens with two attached hydrogens (primary N) is 1. The fourth-order valence-corrected chi connectivity index (χ4v) is 3.63. The van der Waals surface area contributed by atoms with E-state index in [9.17, 15) is 32.7 Å². The minimum atomic E-state index is -5.11. The number of hydrogen-bond donors (Lipinski definition) is 3. The molecule has 0 aliphatic carbocycles. The number of H-pyrrole nitrogens is 1. The second-order valence-electron chi connectivity index (χ2n) is 7.07. The normalized spacial score (nSPS) is 13.7. The number of primary amides is 1. The number of nitrogens with zero attached hydrogens (tertiary/aromatic N) is 1. The number of nitrogens with one attached hydrogen (secondary N) is 1. The topological polar surface area (TPSA) is 126 Å². The number of rotatable bonds is 4. The fraction of sp³-hybridized carbons (Fsp3) is 0.200. The minimum absolute atomic E-state index is 0.0327. The quantitative estimate of drug-likeness (QED) is 0.557. The zero-order valence-corrected chi connectivity index (χ0v) is 16.9. The average Bonchev–Trinajstić information content (AvgIpc) is 2.67. The van der Waals surface area contributed by atoms with Gasteiger partial charge in [-0.1, -0.05) is 17.7 Å². The lowest BCUT2D eigenvalue weighted by Gasteiger charge is -2.29. The van der Waals surface area contributed by atoms with Gasteiger partial charge in [-0.2, -0.15) is 13.2 Å². The second-order valence-corrected chi connectivity index (χ2v) is 7.48. The Hall–Kier alpha value is -3.40. The minimum Gasteiger partial charge on any atom is -0.480 e. The highest BCUT2D eigenvalue weighted by Gasteiger charge is 2.59. The Morgan fingerprint density at radius 2 is 1.87 bits per heavy atom. The van der Waals surface area contributed by atoms with Crippen LogP contribution in [0.2, 0.25) is 5.02 Å². The van der Waals surface area contributed by atoms with Crippen molar-refractivity contribution in [2.75, 3.05) is 0 Å². The molecule has 0 saturated carbocycles. The first-order valence-corrected chi connectivity index (χ1v) is 9.09. The molecule has 0 fully saturated rings. The number of carboxylic acids is 1. The van der Waals surface area contributed by atoms with Crippen LogP contribution in [-0.2, 0) is 10.2 Å². The summed E-state index contributed by atoms with van der Waals surface area (Å²) < 4.78 is 40.7. The summed E-state index contributed by atoms with van der Waals surface area (Å²) in [6, 6.07) is 4.76. The van der Waals surface area contributed by atoms with Crippen LogP contribution in [-0.4, -0.2) is 33.1 Å². The van der Waals surface area contributed by atoms with Crippen molar-refractivity contribution in [3.63, 3.8) is 0 Å². The van der Waals surface area contributed by atoms with Crippen LogP contribution in [0.5, 0.6) is 0 Å². The van der Waals surface area contributed by atoms with E-state index >= 15 is 0 Å². The fourth-order valence-electron chi connectivity index (χ4n) is 3.28. The number of hydrogen-bond acceptors (Lipinski definition) is 4. The zero-order chi connectivity index (χ0) is 23.3. The summed E-state index contributed by atoms with van der Waals surface area (Å²) >= 11 is 6.08. The summed E-state index contributed by atoms with van der Waals surface area (Å²) in [5.41, 5.74) is 1.54. The first-order valence-electron chi connectivity index (χ1n) is 8.72. The van der Waals surface area contributed by atoms with E-state index in [0.717, 1.165) is 18.2 Å². The van der Waals surface area contributed by atoms with Crippen LogP contribution in [0.1, 0.15) is 28.5 Å². The molecule has 2 heterocycles. The standard InChI is InChI=1S/C20H15ClF3N3O4/c1-8-5-10(19(2,18(30)31)20(22,23)24)11(21)6-9(8)13-7-14(28)15-12(27-13)3-4-26-16(15)17(25)29/h3-7H,1-2H3,(H2,25,29)(H,27,28)(H,30,31)/t19-/m1/s1. The molecular formula is C20H15ClF3N3O4. The van der Waals surface area contributed by atoms with Crippen molar-refractivity contribution in [1.29, 1.82) is 0 Å². The van der Waals surface area contributed by atoms with Crippen LogP contribution >= 0.6 is 11.6 Å². The van der Waals surface area contributed by atoms with Gasteiger partial charge in [-0.3, -0.25) is 19.4 Å². The van der Waals surface area contributed by atoms with E-state index in [2.05, 4.69) is 9.97 Å². The molecule has 162 valence electrons. The average molecular weight is 454 g/mol. The van der Waals surface area contributed by atoms with Gasteiger partial charge in [0.2, 0.25) is 0 Å². The van der Waals surface area contributed by atoms with Gasteiger partial charge in [0, 0.05) is 22.8 Å². The Balaban J connectivity index is 2.26. The highest BCUT2D eigenvalue weighted by Crippen LogP contribution is 2.45. The number of aromatic nitrogens is 2. The number of carboxylic acid groups (broad SMARTS) is 1. The highest BCUT2D eigenvalue weighted by molar-refractivity contribution is 6.32. The Labute approximate surface area is 177 Å². The lowest BCUT2D eigenvalue weighted by Crippen LogP contribution is -2.46.